The van der Waals surface area contributed by atoms with E-state index in [0.717, 1.165) is 44.3 Å². The van der Waals surface area contributed by atoms with Gasteiger partial charge in [0.25, 0.3) is 5.56 Å². The van der Waals surface area contributed by atoms with Crippen molar-refractivity contribution in [3.8, 4) is 17.3 Å². The Morgan fingerprint density at radius 3 is 2.61 bits per heavy atom. The molecule has 31 heavy (non-hydrogen) atoms. The van der Waals surface area contributed by atoms with Crippen molar-refractivity contribution >= 4 is 10.9 Å². The van der Waals surface area contributed by atoms with E-state index in [-0.39, 0.29) is 11.4 Å². The zero-order valence-corrected chi connectivity index (χ0v) is 17.3. The average molecular weight is 419 g/mol. The van der Waals surface area contributed by atoms with Crippen LogP contribution < -0.4 is 21.3 Å². The first-order valence-corrected chi connectivity index (χ1v) is 10.1. The number of quaternary nitrogens is 1. The molecule has 0 bridgehead atoms. The number of aromatic amines is 1. The Kier molecular flexibility index (Phi) is 4.44. The van der Waals surface area contributed by atoms with Gasteiger partial charge in [0.1, 0.15) is 11.3 Å². The number of nitrogens with one attached hydrogen (secondary N) is 1. The number of rotatable bonds is 3. The van der Waals surface area contributed by atoms with Crippen LogP contribution in [0.25, 0.3) is 16.6 Å². The van der Waals surface area contributed by atoms with Gasteiger partial charge in [0.2, 0.25) is 5.88 Å². The third-order valence-corrected chi connectivity index (χ3v) is 6.07. The number of aromatic hydroxyl groups is 1. The SMILES string of the molecule is COc1ccc(-n2c(=O)c([C@H]3[NH2+]CCc4c3[nH]c3ccccc43)c(O)n(C)c2=O)cc1. The topological polar surface area (TPSA) is 106 Å². The molecule has 1 aliphatic heterocycles. The second kappa shape index (κ2) is 7.17. The number of methoxy groups -OCH3 is 1. The quantitative estimate of drug-likeness (QED) is 0.460. The van der Waals surface area contributed by atoms with E-state index in [1.165, 1.54) is 7.05 Å². The molecule has 158 valence electrons. The summed E-state index contributed by atoms with van der Waals surface area (Å²) in [6.07, 6.45) is 0.856. The maximum atomic E-state index is 13.6. The minimum Gasteiger partial charge on any atom is -0.497 e. The molecule has 2 aromatic heterocycles. The molecule has 0 fully saturated rings. The Balaban J connectivity index is 1.75. The lowest BCUT2D eigenvalue weighted by molar-refractivity contribution is -0.690. The number of fused-ring (bicyclic) bond motifs is 3. The van der Waals surface area contributed by atoms with Crippen molar-refractivity contribution in [1.29, 1.82) is 0 Å². The van der Waals surface area contributed by atoms with Crippen LogP contribution in [-0.4, -0.2) is 32.9 Å². The molecule has 8 heteroatoms. The fraction of sp³-hybridized carbons (Fsp3) is 0.217. The van der Waals surface area contributed by atoms with E-state index < -0.39 is 17.3 Å². The lowest BCUT2D eigenvalue weighted by atomic mass is 9.95. The maximum Gasteiger partial charge on any atom is 0.338 e. The van der Waals surface area contributed by atoms with Crippen LogP contribution in [0.1, 0.15) is 22.9 Å². The van der Waals surface area contributed by atoms with Gasteiger partial charge in [-0.15, -0.1) is 0 Å². The molecule has 5 rings (SSSR count). The lowest BCUT2D eigenvalue weighted by Crippen LogP contribution is -2.88. The molecule has 0 unspecified atom stereocenters. The number of hydrogen-bond acceptors (Lipinski definition) is 4. The summed E-state index contributed by atoms with van der Waals surface area (Å²) in [5.74, 6) is 0.309. The Bertz CT molecular complexity index is 1410. The Morgan fingerprint density at radius 1 is 1.13 bits per heavy atom. The number of nitrogens with two attached hydrogens (primary N) is 1. The van der Waals surface area contributed by atoms with Crippen LogP contribution >= 0.6 is 0 Å². The molecule has 0 saturated carbocycles. The number of hydrogen-bond donors (Lipinski definition) is 3. The van der Waals surface area contributed by atoms with Gasteiger partial charge in [-0.05, 0) is 35.9 Å². The first-order valence-electron chi connectivity index (χ1n) is 10.1. The molecule has 2 aromatic carbocycles. The van der Waals surface area contributed by atoms with Gasteiger partial charge in [0, 0.05) is 24.4 Å². The van der Waals surface area contributed by atoms with E-state index in [9.17, 15) is 14.7 Å². The lowest BCUT2D eigenvalue weighted by Gasteiger charge is -2.23. The average Bonchev–Trinajstić information content (AvgIpc) is 3.18. The van der Waals surface area contributed by atoms with Crippen molar-refractivity contribution in [2.75, 3.05) is 13.7 Å². The first-order chi connectivity index (χ1) is 15.0. The molecule has 0 amide bonds. The zero-order valence-electron chi connectivity index (χ0n) is 17.3. The van der Waals surface area contributed by atoms with Gasteiger partial charge >= 0.3 is 5.69 Å². The minimum absolute atomic E-state index is 0.186. The van der Waals surface area contributed by atoms with E-state index in [1.807, 2.05) is 23.5 Å². The first kappa shape index (κ1) is 19.2. The second-order valence-corrected chi connectivity index (χ2v) is 7.73. The molecule has 8 nitrogen and oxygen atoms in total. The fourth-order valence-corrected chi connectivity index (χ4v) is 4.49. The van der Waals surface area contributed by atoms with Gasteiger partial charge < -0.3 is 20.1 Å². The van der Waals surface area contributed by atoms with E-state index in [1.54, 1.807) is 31.4 Å². The molecule has 0 radical (unpaired) electrons. The highest BCUT2D eigenvalue weighted by molar-refractivity contribution is 5.85. The van der Waals surface area contributed by atoms with Gasteiger partial charge in [-0.25, -0.2) is 9.36 Å². The summed E-state index contributed by atoms with van der Waals surface area (Å²) in [5.41, 5.74) is 2.49. The Morgan fingerprint density at radius 2 is 1.87 bits per heavy atom. The molecular formula is C23H23N4O4+. The summed E-state index contributed by atoms with van der Waals surface area (Å²) in [6.45, 7) is 0.768. The third kappa shape index (κ3) is 2.87. The summed E-state index contributed by atoms with van der Waals surface area (Å²) in [5, 5.41) is 14.0. The van der Waals surface area contributed by atoms with Gasteiger partial charge in [-0.1, -0.05) is 18.2 Å². The van der Waals surface area contributed by atoms with E-state index >= 15 is 0 Å². The molecule has 4 N–H and O–H groups in total. The normalized spacial score (nSPS) is 15.7. The smallest absolute Gasteiger partial charge is 0.338 e. The molecule has 1 atom stereocenters. The van der Waals surface area contributed by atoms with Crippen LogP contribution in [0, 0.1) is 0 Å². The zero-order chi connectivity index (χ0) is 21.7. The highest BCUT2D eigenvalue weighted by Gasteiger charge is 2.35. The number of nitrogens with zero attached hydrogens (tertiary/aromatic N) is 2. The number of ether oxygens (including phenoxy) is 1. The highest BCUT2D eigenvalue weighted by atomic mass is 16.5. The predicted molar refractivity (Wildman–Crippen MR) is 116 cm³/mol. The minimum atomic E-state index is -0.607. The second-order valence-electron chi connectivity index (χ2n) is 7.73. The molecule has 1 aliphatic rings. The molecule has 0 saturated heterocycles. The van der Waals surface area contributed by atoms with Crippen LogP contribution in [-0.2, 0) is 13.5 Å². The van der Waals surface area contributed by atoms with Crippen molar-refractivity contribution in [1.82, 2.24) is 14.1 Å². The van der Waals surface area contributed by atoms with E-state index in [4.69, 9.17) is 4.74 Å². The van der Waals surface area contributed by atoms with Crippen LogP contribution in [0.5, 0.6) is 11.6 Å². The van der Waals surface area contributed by atoms with Gasteiger partial charge in [0.15, 0.2) is 6.04 Å². The predicted octanol–water partition coefficient (Wildman–Crippen LogP) is 0.941. The largest absolute Gasteiger partial charge is 0.497 e. The maximum absolute atomic E-state index is 13.6. The van der Waals surface area contributed by atoms with Gasteiger partial charge in [-0.2, -0.15) is 0 Å². The van der Waals surface area contributed by atoms with Gasteiger partial charge in [0.05, 0.1) is 25.0 Å². The molecule has 0 aliphatic carbocycles. The fourth-order valence-electron chi connectivity index (χ4n) is 4.49. The number of aromatic nitrogens is 3. The Hall–Kier alpha value is -3.78. The van der Waals surface area contributed by atoms with Crippen molar-refractivity contribution in [2.24, 2.45) is 7.05 Å². The van der Waals surface area contributed by atoms with Crippen molar-refractivity contribution in [2.45, 2.75) is 12.5 Å². The highest BCUT2D eigenvalue weighted by Crippen LogP contribution is 2.32. The number of benzene rings is 2. The summed E-state index contributed by atoms with van der Waals surface area (Å²) in [4.78, 5) is 29.9. The molecule has 3 heterocycles. The Labute approximate surface area is 177 Å². The van der Waals surface area contributed by atoms with Crippen LogP contribution in [0.4, 0.5) is 0 Å². The van der Waals surface area contributed by atoms with Crippen LogP contribution in [0.2, 0.25) is 0 Å². The van der Waals surface area contributed by atoms with E-state index in [2.05, 4.69) is 11.1 Å². The monoisotopic (exact) mass is 419 g/mol. The van der Waals surface area contributed by atoms with Crippen LogP contribution in [0.3, 0.4) is 0 Å². The summed E-state index contributed by atoms with van der Waals surface area (Å²) >= 11 is 0. The standard InChI is InChI=1S/C23H22N4O4/c1-26-21(28)18(22(29)27(23(26)30)13-7-9-14(31-2)10-8-13)20-19-16(11-12-24-20)15-5-3-4-6-17(15)25-19/h3-10,20,24-25,28H,11-12H2,1-2H3/p+1/t20-/m1/s1. The van der Waals surface area contributed by atoms with Crippen molar-refractivity contribution < 1.29 is 15.2 Å². The van der Waals surface area contributed by atoms with Crippen LogP contribution in [0.15, 0.2) is 58.1 Å². The van der Waals surface area contributed by atoms with E-state index in [0.29, 0.717) is 11.4 Å². The summed E-state index contributed by atoms with van der Waals surface area (Å²) in [7, 11) is 3.02. The van der Waals surface area contributed by atoms with Gasteiger partial charge in [-0.3, -0.25) is 9.36 Å². The summed E-state index contributed by atoms with van der Waals surface area (Å²) in [6, 6.07) is 14.3. The number of H-pyrrole nitrogens is 1. The number of para-hydroxylation sites is 1. The molecule has 0 spiro atoms. The third-order valence-electron chi connectivity index (χ3n) is 6.07. The summed E-state index contributed by atoms with van der Waals surface area (Å²) < 4.78 is 7.39. The van der Waals surface area contributed by atoms with Crippen molar-refractivity contribution in [3.63, 3.8) is 0 Å². The molecule has 4 aromatic rings. The van der Waals surface area contributed by atoms with Crippen molar-refractivity contribution in [3.05, 3.63) is 86.2 Å². The molecular weight excluding hydrogens is 396 g/mol.